The van der Waals surface area contributed by atoms with Crippen LogP contribution in [0.15, 0.2) is 48.7 Å². The highest BCUT2D eigenvalue weighted by atomic mass is 19.1. The first-order chi connectivity index (χ1) is 13.7. The van der Waals surface area contributed by atoms with Gasteiger partial charge in [-0.25, -0.2) is 9.37 Å². The van der Waals surface area contributed by atoms with Gasteiger partial charge in [0.2, 0.25) is 0 Å². The molecule has 1 aromatic heterocycles. The van der Waals surface area contributed by atoms with E-state index in [1.165, 1.54) is 5.56 Å². The van der Waals surface area contributed by atoms with Gasteiger partial charge in [-0.2, -0.15) is 0 Å². The number of nitrogen functional groups attached to an aromatic ring is 1. The molecule has 5 heteroatoms. The van der Waals surface area contributed by atoms with Gasteiger partial charge in [-0.15, -0.1) is 0 Å². The number of nitrogens with two attached hydrogens (primary N) is 1. The Morgan fingerprint density at radius 2 is 1.79 bits per heavy atom. The lowest BCUT2D eigenvalue weighted by Gasteiger charge is -2.26. The van der Waals surface area contributed by atoms with Gasteiger partial charge in [0.25, 0.3) is 0 Å². The van der Waals surface area contributed by atoms with Crippen molar-refractivity contribution in [1.29, 1.82) is 0 Å². The molecule has 0 saturated carbocycles. The van der Waals surface area contributed by atoms with Gasteiger partial charge in [0.15, 0.2) is 0 Å². The van der Waals surface area contributed by atoms with Crippen molar-refractivity contribution in [2.75, 3.05) is 38.6 Å². The van der Waals surface area contributed by atoms with E-state index in [1.54, 1.807) is 12.3 Å². The van der Waals surface area contributed by atoms with E-state index in [0.717, 1.165) is 67.6 Å². The molecule has 0 radical (unpaired) electrons. The molecule has 28 heavy (non-hydrogen) atoms. The number of pyridine rings is 1. The molecule has 0 unspecified atom stereocenters. The molecule has 1 saturated heterocycles. The van der Waals surface area contributed by atoms with Gasteiger partial charge < -0.3 is 10.5 Å². The highest BCUT2D eigenvalue weighted by Crippen LogP contribution is 2.24. The molecule has 0 bridgehead atoms. The molecule has 0 amide bonds. The largest absolute Gasteiger partial charge is 0.383 e. The SMILES string of the molecule is Nc1nccc2c(CCc3ccc(CCN4CCOCC4)cc3F)cccc12. The second kappa shape index (κ2) is 8.67. The van der Waals surface area contributed by atoms with Crippen molar-refractivity contribution in [1.82, 2.24) is 9.88 Å². The number of nitrogens with zero attached hydrogens (tertiary/aromatic N) is 2. The lowest BCUT2D eigenvalue weighted by Crippen LogP contribution is -2.37. The monoisotopic (exact) mass is 379 g/mol. The Morgan fingerprint density at radius 3 is 2.61 bits per heavy atom. The van der Waals surface area contributed by atoms with Crippen LogP contribution in [0.1, 0.15) is 16.7 Å². The van der Waals surface area contributed by atoms with Crippen molar-refractivity contribution in [2.24, 2.45) is 0 Å². The minimum absolute atomic E-state index is 0.110. The standard InChI is InChI=1S/C23H26FN3O/c24-22-16-17(9-11-27-12-14-28-15-13-27)4-5-19(22)7-6-18-2-1-3-21-20(18)8-10-26-23(21)25/h1-5,8,10,16H,6-7,9,11-15H2,(H2,25,26). The molecule has 4 rings (SSSR count). The van der Waals surface area contributed by atoms with Crippen LogP contribution in [0.4, 0.5) is 10.2 Å². The molecule has 146 valence electrons. The average molecular weight is 379 g/mol. The Labute approximate surface area is 165 Å². The number of ether oxygens (including phenoxy) is 1. The summed E-state index contributed by atoms with van der Waals surface area (Å²) < 4.78 is 20.0. The fourth-order valence-corrected chi connectivity index (χ4v) is 3.84. The van der Waals surface area contributed by atoms with E-state index in [-0.39, 0.29) is 5.82 Å². The first kappa shape index (κ1) is 18.8. The van der Waals surface area contributed by atoms with Gasteiger partial charge in [-0.3, -0.25) is 4.90 Å². The maximum atomic E-state index is 14.6. The molecule has 1 aliphatic heterocycles. The summed E-state index contributed by atoms with van der Waals surface area (Å²) in [6.45, 7) is 4.47. The Bertz CT molecular complexity index is 954. The quantitative estimate of drug-likeness (QED) is 0.711. The second-order valence-electron chi connectivity index (χ2n) is 7.34. The third kappa shape index (κ3) is 4.32. The number of aromatic nitrogens is 1. The van der Waals surface area contributed by atoms with E-state index in [0.29, 0.717) is 12.2 Å². The van der Waals surface area contributed by atoms with Gasteiger partial charge in [-0.1, -0.05) is 30.3 Å². The van der Waals surface area contributed by atoms with Crippen molar-refractivity contribution in [2.45, 2.75) is 19.3 Å². The number of rotatable bonds is 6. The fourth-order valence-electron chi connectivity index (χ4n) is 3.84. The number of morpholine rings is 1. The maximum absolute atomic E-state index is 14.6. The molecule has 0 aliphatic carbocycles. The number of aryl methyl sites for hydroxylation is 2. The first-order valence-corrected chi connectivity index (χ1v) is 9.90. The summed E-state index contributed by atoms with van der Waals surface area (Å²) in [5.74, 6) is 0.427. The van der Waals surface area contributed by atoms with Gasteiger partial charge in [0, 0.05) is 31.2 Å². The molecule has 1 aliphatic rings. The lowest BCUT2D eigenvalue weighted by molar-refractivity contribution is 0.0384. The lowest BCUT2D eigenvalue weighted by atomic mass is 9.98. The summed E-state index contributed by atoms with van der Waals surface area (Å²) in [5.41, 5.74) is 8.95. The minimum atomic E-state index is -0.110. The minimum Gasteiger partial charge on any atom is -0.383 e. The van der Waals surface area contributed by atoms with Crippen molar-refractivity contribution in [3.63, 3.8) is 0 Å². The molecular formula is C23H26FN3O. The zero-order chi connectivity index (χ0) is 19.3. The number of hydrogen-bond acceptors (Lipinski definition) is 4. The topological polar surface area (TPSA) is 51.4 Å². The van der Waals surface area contributed by atoms with E-state index in [4.69, 9.17) is 10.5 Å². The molecule has 2 heterocycles. The summed E-state index contributed by atoms with van der Waals surface area (Å²) >= 11 is 0. The molecule has 2 aromatic carbocycles. The van der Waals surface area contributed by atoms with Crippen LogP contribution in [-0.2, 0) is 24.0 Å². The number of fused-ring (bicyclic) bond motifs is 1. The van der Waals surface area contributed by atoms with Crippen molar-refractivity contribution >= 4 is 16.6 Å². The van der Waals surface area contributed by atoms with Gasteiger partial charge in [0.05, 0.1) is 13.2 Å². The van der Waals surface area contributed by atoms with Crippen molar-refractivity contribution in [3.05, 3.63) is 71.2 Å². The molecule has 1 fully saturated rings. The Balaban J connectivity index is 1.41. The number of anilines is 1. The predicted octanol–water partition coefficient (Wildman–Crippen LogP) is 3.62. The van der Waals surface area contributed by atoms with E-state index in [9.17, 15) is 4.39 Å². The van der Waals surface area contributed by atoms with Crippen LogP contribution in [0.2, 0.25) is 0 Å². The normalized spacial score (nSPS) is 15.2. The highest BCUT2D eigenvalue weighted by Gasteiger charge is 2.11. The summed E-state index contributed by atoms with van der Waals surface area (Å²) in [4.78, 5) is 6.52. The van der Waals surface area contributed by atoms with E-state index in [2.05, 4.69) is 22.0 Å². The van der Waals surface area contributed by atoms with E-state index in [1.807, 2.05) is 24.3 Å². The van der Waals surface area contributed by atoms with Crippen LogP contribution in [0.3, 0.4) is 0 Å². The molecule has 4 nitrogen and oxygen atoms in total. The smallest absolute Gasteiger partial charge is 0.131 e. The average Bonchev–Trinajstić information content (AvgIpc) is 2.73. The summed E-state index contributed by atoms with van der Waals surface area (Å²) in [6, 6.07) is 13.7. The molecule has 2 N–H and O–H groups in total. The van der Waals surface area contributed by atoms with Crippen molar-refractivity contribution < 1.29 is 9.13 Å². The molecule has 0 atom stereocenters. The first-order valence-electron chi connectivity index (χ1n) is 9.90. The summed E-state index contributed by atoms with van der Waals surface area (Å²) in [5, 5.41) is 2.05. The van der Waals surface area contributed by atoms with Gasteiger partial charge in [0.1, 0.15) is 11.6 Å². The van der Waals surface area contributed by atoms with E-state index < -0.39 is 0 Å². The Kier molecular flexibility index (Phi) is 5.84. The molecular weight excluding hydrogens is 353 g/mol. The summed E-state index contributed by atoms with van der Waals surface area (Å²) in [7, 11) is 0. The van der Waals surface area contributed by atoms with E-state index >= 15 is 0 Å². The van der Waals surface area contributed by atoms with Crippen molar-refractivity contribution in [3.8, 4) is 0 Å². The maximum Gasteiger partial charge on any atom is 0.131 e. The Morgan fingerprint density at radius 1 is 0.964 bits per heavy atom. The zero-order valence-corrected chi connectivity index (χ0v) is 16.0. The van der Waals surface area contributed by atoms with Crippen LogP contribution in [-0.4, -0.2) is 42.7 Å². The molecule has 0 spiro atoms. The predicted molar refractivity (Wildman–Crippen MR) is 111 cm³/mol. The number of halogens is 1. The fraction of sp³-hybridized carbons (Fsp3) is 0.348. The van der Waals surface area contributed by atoms with Crippen LogP contribution >= 0.6 is 0 Å². The Hall–Kier alpha value is -2.50. The van der Waals surface area contributed by atoms with Crippen LogP contribution in [0, 0.1) is 5.82 Å². The third-order valence-electron chi connectivity index (χ3n) is 5.53. The zero-order valence-electron chi connectivity index (χ0n) is 16.0. The highest BCUT2D eigenvalue weighted by molar-refractivity contribution is 5.93. The van der Waals surface area contributed by atoms with Gasteiger partial charge >= 0.3 is 0 Å². The summed E-state index contributed by atoms with van der Waals surface area (Å²) in [6.07, 6.45) is 4.03. The number of hydrogen-bond donors (Lipinski definition) is 1. The third-order valence-corrected chi connectivity index (χ3v) is 5.53. The van der Waals surface area contributed by atoms with Crippen LogP contribution in [0.5, 0.6) is 0 Å². The number of benzene rings is 2. The molecule has 3 aromatic rings. The second-order valence-corrected chi connectivity index (χ2v) is 7.34. The van der Waals surface area contributed by atoms with Gasteiger partial charge in [-0.05, 0) is 53.5 Å². The van der Waals surface area contributed by atoms with Crippen LogP contribution < -0.4 is 5.73 Å². The van der Waals surface area contributed by atoms with Crippen LogP contribution in [0.25, 0.3) is 10.8 Å².